The van der Waals surface area contributed by atoms with Gasteiger partial charge in [-0.1, -0.05) is 18.2 Å². The molecule has 1 aliphatic carbocycles. The number of benzene rings is 1. The topological polar surface area (TPSA) is 78.5 Å². The molecule has 1 saturated heterocycles. The van der Waals surface area contributed by atoms with Crippen LogP contribution >= 0.6 is 0 Å². The summed E-state index contributed by atoms with van der Waals surface area (Å²) in [5.74, 6) is 0.0717. The number of hydrogen-bond acceptors (Lipinski definition) is 4. The van der Waals surface area contributed by atoms with Crippen molar-refractivity contribution in [3.8, 4) is 0 Å². The van der Waals surface area contributed by atoms with E-state index in [9.17, 15) is 9.90 Å². The van der Waals surface area contributed by atoms with Crippen molar-refractivity contribution in [2.45, 2.75) is 49.9 Å². The number of fused-ring (bicyclic) bond motifs is 2. The number of aromatic nitrogens is 2. The molecule has 2 aromatic rings. The monoisotopic (exact) mass is 329 g/mol. The number of carbonyl (C=O) groups is 1. The van der Waals surface area contributed by atoms with E-state index in [4.69, 9.17) is 4.74 Å². The van der Waals surface area contributed by atoms with Crippen molar-refractivity contribution in [3.63, 3.8) is 0 Å². The highest BCUT2D eigenvalue weighted by Gasteiger charge is 2.52. The van der Waals surface area contributed by atoms with Crippen molar-refractivity contribution in [1.82, 2.24) is 15.1 Å². The van der Waals surface area contributed by atoms with E-state index < -0.39 is 0 Å². The van der Waals surface area contributed by atoms with E-state index in [2.05, 4.69) is 10.2 Å². The van der Waals surface area contributed by atoms with Gasteiger partial charge < -0.3 is 14.7 Å². The van der Waals surface area contributed by atoms with E-state index in [1.165, 1.54) is 0 Å². The summed E-state index contributed by atoms with van der Waals surface area (Å²) in [7, 11) is 1.72. The fourth-order valence-corrected chi connectivity index (χ4v) is 4.38. The van der Waals surface area contributed by atoms with Crippen LogP contribution in [0.1, 0.15) is 31.4 Å². The number of para-hydroxylation sites is 1. The molecule has 0 spiro atoms. The number of amides is 1. The maximum absolute atomic E-state index is 12.9. The van der Waals surface area contributed by atoms with E-state index in [1.54, 1.807) is 7.11 Å². The number of rotatable bonds is 3. The number of likely N-dealkylation sites (tertiary alicyclic amines) is 1. The zero-order chi connectivity index (χ0) is 16.7. The minimum atomic E-state index is -0.348. The number of aromatic amines is 1. The van der Waals surface area contributed by atoms with Crippen LogP contribution in [0.3, 0.4) is 0 Å². The van der Waals surface area contributed by atoms with Crippen molar-refractivity contribution >= 4 is 16.8 Å². The Balaban J connectivity index is 1.56. The minimum Gasteiger partial charge on any atom is -0.393 e. The Hall–Kier alpha value is -1.92. The van der Waals surface area contributed by atoms with Gasteiger partial charge in [0.1, 0.15) is 0 Å². The zero-order valence-electron chi connectivity index (χ0n) is 13.9. The number of nitrogens with one attached hydrogen (secondary N) is 1. The minimum absolute atomic E-state index is 0.0343. The molecule has 1 amide bonds. The molecule has 1 aliphatic heterocycles. The van der Waals surface area contributed by atoms with Crippen LogP contribution in [0.5, 0.6) is 0 Å². The van der Waals surface area contributed by atoms with Gasteiger partial charge in [0.15, 0.2) is 0 Å². The van der Waals surface area contributed by atoms with Gasteiger partial charge >= 0.3 is 0 Å². The molecule has 1 saturated carbocycles. The second kappa shape index (κ2) is 5.86. The quantitative estimate of drug-likeness (QED) is 0.897. The molecule has 6 nitrogen and oxygen atoms in total. The van der Waals surface area contributed by atoms with E-state index in [1.807, 2.05) is 29.2 Å². The zero-order valence-corrected chi connectivity index (χ0v) is 13.9. The van der Waals surface area contributed by atoms with E-state index >= 15 is 0 Å². The number of aliphatic hydroxyl groups excluding tert-OH is 1. The second-order valence-corrected chi connectivity index (χ2v) is 6.95. The molecule has 6 heteroatoms. The lowest BCUT2D eigenvalue weighted by Crippen LogP contribution is -2.53. The van der Waals surface area contributed by atoms with Crippen LogP contribution < -0.4 is 0 Å². The van der Waals surface area contributed by atoms with Gasteiger partial charge in [0, 0.05) is 19.0 Å². The highest BCUT2D eigenvalue weighted by Crippen LogP contribution is 2.42. The molecular weight excluding hydrogens is 306 g/mol. The van der Waals surface area contributed by atoms with Crippen molar-refractivity contribution in [1.29, 1.82) is 0 Å². The molecule has 2 aliphatic rings. The van der Waals surface area contributed by atoms with Crippen LogP contribution in [0.2, 0.25) is 0 Å². The molecule has 0 radical (unpaired) electrons. The van der Waals surface area contributed by atoms with Crippen LogP contribution in [0.25, 0.3) is 10.9 Å². The van der Waals surface area contributed by atoms with E-state index in [0.29, 0.717) is 19.4 Å². The van der Waals surface area contributed by atoms with Gasteiger partial charge in [-0.25, -0.2) is 0 Å². The largest absolute Gasteiger partial charge is 0.393 e. The summed E-state index contributed by atoms with van der Waals surface area (Å²) in [6.07, 6.45) is 2.95. The molecule has 0 unspecified atom stereocenters. The molecule has 4 rings (SSSR count). The smallest absolute Gasteiger partial charge is 0.228 e. The molecule has 2 fully saturated rings. The highest BCUT2D eigenvalue weighted by molar-refractivity contribution is 5.87. The summed E-state index contributed by atoms with van der Waals surface area (Å²) in [6, 6.07) is 7.77. The number of ether oxygens (including phenoxy) is 1. The maximum atomic E-state index is 12.9. The van der Waals surface area contributed by atoms with Crippen LogP contribution in [-0.2, 0) is 16.0 Å². The molecular formula is C18H23N3O3. The fraction of sp³-hybridized carbons (Fsp3) is 0.556. The average molecular weight is 329 g/mol. The third kappa shape index (κ3) is 2.41. The molecule has 2 heterocycles. The molecule has 0 bridgehead atoms. The predicted octanol–water partition coefficient (Wildman–Crippen LogP) is 1.64. The van der Waals surface area contributed by atoms with E-state index in [-0.39, 0.29) is 23.7 Å². The third-order valence-corrected chi connectivity index (χ3v) is 5.75. The van der Waals surface area contributed by atoms with Crippen molar-refractivity contribution in [2.24, 2.45) is 0 Å². The molecule has 1 aromatic heterocycles. The average Bonchev–Trinajstić information content (AvgIpc) is 3.17. The van der Waals surface area contributed by atoms with Gasteiger partial charge in [0.2, 0.25) is 5.91 Å². The maximum Gasteiger partial charge on any atom is 0.228 e. The van der Waals surface area contributed by atoms with Gasteiger partial charge in [0.25, 0.3) is 0 Å². The summed E-state index contributed by atoms with van der Waals surface area (Å²) in [5.41, 5.74) is 1.44. The summed E-state index contributed by atoms with van der Waals surface area (Å²) >= 11 is 0. The van der Waals surface area contributed by atoms with Gasteiger partial charge in [-0.05, 0) is 31.7 Å². The van der Waals surface area contributed by atoms with Gasteiger partial charge in [-0.2, -0.15) is 5.10 Å². The summed E-state index contributed by atoms with van der Waals surface area (Å²) in [5, 5.41) is 18.3. The Bertz CT molecular complexity index is 759. The normalized spacial score (nSPS) is 29.8. The lowest BCUT2D eigenvalue weighted by molar-refractivity contribution is -0.139. The first-order valence-electron chi connectivity index (χ1n) is 8.57. The number of H-pyrrole nitrogens is 1. The summed E-state index contributed by atoms with van der Waals surface area (Å²) < 4.78 is 5.81. The molecule has 24 heavy (non-hydrogen) atoms. The van der Waals surface area contributed by atoms with Crippen LogP contribution in [0.15, 0.2) is 24.3 Å². The fourth-order valence-electron chi connectivity index (χ4n) is 4.38. The summed E-state index contributed by atoms with van der Waals surface area (Å²) in [6.45, 7) is 0.691. The Kier molecular flexibility index (Phi) is 3.81. The van der Waals surface area contributed by atoms with Crippen molar-refractivity contribution in [3.05, 3.63) is 30.0 Å². The first kappa shape index (κ1) is 15.6. The first-order valence-corrected chi connectivity index (χ1v) is 8.57. The molecule has 3 atom stereocenters. The lowest BCUT2D eigenvalue weighted by Gasteiger charge is -2.42. The Morgan fingerprint density at radius 3 is 3.12 bits per heavy atom. The second-order valence-electron chi connectivity index (χ2n) is 6.95. The number of nitrogens with zero attached hydrogens (tertiary/aromatic N) is 2. The van der Waals surface area contributed by atoms with E-state index in [0.717, 1.165) is 35.9 Å². The highest BCUT2D eigenvalue weighted by atomic mass is 16.5. The summed E-state index contributed by atoms with van der Waals surface area (Å²) in [4.78, 5) is 14.8. The lowest BCUT2D eigenvalue weighted by atomic mass is 9.79. The Morgan fingerprint density at radius 2 is 2.29 bits per heavy atom. The number of carbonyl (C=O) groups excluding carboxylic acids is 1. The Morgan fingerprint density at radius 1 is 1.46 bits per heavy atom. The third-order valence-electron chi connectivity index (χ3n) is 5.75. The Labute approximate surface area is 140 Å². The van der Waals surface area contributed by atoms with Crippen LogP contribution in [0, 0.1) is 0 Å². The number of methoxy groups -OCH3 is 1. The van der Waals surface area contributed by atoms with Crippen LogP contribution in [-0.4, -0.2) is 57.5 Å². The molecule has 128 valence electrons. The SMILES string of the molecule is CO[C@@]12CC[C@@H](O)C[C@@H]1N(C(=O)Cc1[nH]nc3ccccc13)CC2. The van der Waals surface area contributed by atoms with Crippen LogP contribution in [0.4, 0.5) is 0 Å². The first-order chi connectivity index (χ1) is 11.6. The van der Waals surface area contributed by atoms with Crippen molar-refractivity contribution in [2.75, 3.05) is 13.7 Å². The van der Waals surface area contributed by atoms with Crippen molar-refractivity contribution < 1.29 is 14.6 Å². The van der Waals surface area contributed by atoms with Gasteiger partial charge in [-0.3, -0.25) is 9.89 Å². The van der Waals surface area contributed by atoms with Gasteiger partial charge in [-0.15, -0.1) is 0 Å². The van der Waals surface area contributed by atoms with Gasteiger partial charge in [0.05, 0.1) is 35.4 Å². The standard InChI is InChI=1S/C18H23N3O3/c1-24-18-7-6-12(22)10-16(18)21(9-8-18)17(23)11-15-13-4-2-3-5-14(13)19-20-15/h2-5,12,16,22H,6-11H2,1H3,(H,19,20)/t12-,16+,18-/m1/s1. The number of aliphatic hydroxyl groups is 1. The molecule has 1 aromatic carbocycles. The predicted molar refractivity (Wildman–Crippen MR) is 89.5 cm³/mol. The number of hydrogen-bond donors (Lipinski definition) is 2. The molecule has 2 N–H and O–H groups in total.